The number of hydrogen-bond donors (Lipinski definition) is 0. The molecule has 1 heterocycles. The van der Waals surface area contributed by atoms with Gasteiger partial charge in [-0.3, -0.25) is 0 Å². The minimum Gasteiger partial charge on any atom is -0.785 e. The molecule has 1 saturated heterocycles. The van der Waals surface area contributed by atoms with Gasteiger partial charge in [0.1, 0.15) is 11.2 Å². The van der Waals surface area contributed by atoms with Crippen LogP contribution < -0.4 is 0 Å². The maximum atomic E-state index is 14.1. The molecule has 0 N–H and O–H groups in total. The Morgan fingerprint density at radius 1 is 1.11 bits per heavy atom. The lowest BCUT2D eigenvalue weighted by Gasteiger charge is -2.34. The first-order valence-electron chi connectivity index (χ1n) is 7.57. The Kier molecular flexibility index (Phi) is 5.76. The van der Waals surface area contributed by atoms with Gasteiger partial charge in [-0.15, -0.1) is 0 Å². The van der Waals surface area contributed by atoms with Crippen molar-refractivity contribution in [2.75, 3.05) is 6.54 Å². The van der Waals surface area contributed by atoms with E-state index >= 15 is 0 Å². The van der Waals surface area contributed by atoms with Crippen LogP contribution in [0.2, 0.25) is 15.1 Å². The summed E-state index contributed by atoms with van der Waals surface area (Å²) < 4.78 is 55.9. The van der Waals surface area contributed by atoms with Crippen molar-refractivity contribution < 1.29 is 17.6 Å². The molecule has 2 aromatic carbocycles. The third-order valence-electron chi connectivity index (χ3n) is 4.72. The van der Waals surface area contributed by atoms with Gasteiger partial charge in [0, 0.05) is 12.6 Å². The second-order valence-corrected chi connectivity index (χ2v) is 8.35. The minimum atomic E-state index is -4.75. The van der Waals surface area contributed by atoms with Gasteiger partial charge in [-0.05, 0) is 57.7 Å². The highest BCUT2D eigenvalue weighted by molar-refractivity contribution is 9.10. The van der Waals surface area contributed by atoms with Crippen LogP contribution >= 0.6 is 50.7 Å². The standard InChI is InChI=1S/C17H10BrCl3F4NO/c18-10-3-8(1-2-13(10)22)14-6-16(7-26(14)27,17(23,24)25)9-4-11(19)15(21)12(20)5-9/h1-5,14H,6-7H2/q-1. The first-order valence-corrected chi connectivity index (χ1v) is 9.49. The van der Waals surface area contributed by atoms with E-state index in [1.165, 1.54) is 12.1 Å². The van der Waals surface area contributed by atoms with Crippen LogP contribution in [0.15, 0.2) is 34.8 Å². The SMILES string of the molecule is [O-]N1CC(c2cc(Cl)c(Cl)c(Cl)c2)(C(F)(F)F)CC1c1ccc(F)c(Br)c1. The minimum absolute atomic E-state index is 0.0598. The number of halogens is 8. The van der Waals surface area contributed by atoms with Gasteiger partial charge in [0.05, 0.1) is 19.5 Å². The van der Waals surface area contributed by atoms with Crippen molar-refractivity contribution in [1.29, 1.82) is 0 Å². The molecule has 27 heavy (non-hydrogen) atoms. The van der Waals surface area contributed by atoms with Crippen molar-refractivity contribution >= 4 is 50.7 Å². The fourth-order valence-corrected chi connectivity index (χ4v) is 4.28. The molecule has 1 fully saturated rings. The number of hydroxylamine groups is 2. The zero-order chi connectivity index (χ0) is 20.1. The van der Waals surface area contributed by atoms with E-state index in [9.17, 15) is 22.8 Å². The lowest BCUT2D eigenvalue weighted by atomic mass is 9.77. The maximum absolute atomic E-state index is 14.1. The number of rotatable bonds is 2. The van der Waals surface area contributed by atoms with Crippen LogP contribution in [0.3, 0.4) is 0 Å². The Balaban J connectivity index is 2.11. The molecular formula is C17H10BrCl3F4NO-. The third-order valence-corrected chi connectivity index (χ3v) is 6.53. The number of nitrogens with zero attached hydrogens (tertiary/aromatic N) is 1. The Morgan fingerprint density at radius 3 is 2.22 bits per heavy atom. The summed E-state index contributed by atoms with van der Waals surface area (Å²) in [6.45, 7) is -0.843. The number of hydrogen-bond acceptors (Lipinski definition) is 2. The lowest BCUT2D eigenvalue weighted by molar-refractivity contribution is -0.186. The highest BCUT2D eigenvalue weighted by atomic mass is 79.9. The molecule has 0 amide bonds. The van der Waals surface area contributed by atoms with E-state index in [1.807, 2.05) is 0 Å². The van der Waals surface area contributed by atoms with Crippen molar-refractivity contribution in [2.24, 2.45) is 0 Å². The molecule has 3 rings (SSSR count). The van der Waals surface area contributed by atoms with Gasteiger partial charge in [0.2, 0.25) is 0 Å². The van der Waals surface area contributed by atoms with Crippen molar-refractivity contribution in [2.45, 2.75) is 24.1 Å². The molecule has 0 aromatic heterocycles. The van der Waals surface area contributed by atoms with E-state index in [2.05, 4.69) is 15.9 Å². The molecule has 0 saturated carbocycles. The highest BCUT2D eigenvalue weighted by Gasteiger charge is 2.60. The van der Waals surface area contributed by atoms with E-state index in [4.69, 9.17) is 34.8 Å². The first-order chi connectivity index (χ1) is 12.5. The summed E-state index contributed by atoms with van der Waals surface area (Å²) >= 11 is 20.7. The predicted octanol–water partition coefficient (Wildman–Crippen LogP) is 7.29. The summed E-state index contributed by atoms with van der Waals surface area (Å²) in [5.41, 5.74) is -2.45. The van der Waals surface area contributed by atoms with Gasteiger partial charge in [-0.1, -0.05) is 40.9 Å². The molecule has 1 aliphatic rings. The molecule has 2 atom stereocenters. The zero-order valence-electron chi connectivity index (χ0n) is 13.3. The van der Waals surface area contributed by atoms with Crippen molar-refractivity contribution in [3.63, 3.8) is 0 Å². The summed E-state index contributed by atoms with van der Waals surface area (Å²) in [5, 5.41) is 12.5. The fourth-order valence-electron chi connectivity index (χ4n) is 3.29. The van der Waals surface area contributed by atoms with Gasteiger partial charge in [0.25, 0.3) is 0 Å². The monoisotopic (exact) mass is 504 g/mol. The average Bonchev–Trinajstić information content (AvgIpc) is 2.93. The molecule has 0 aliphatic carbocycles. The van der Waals surface area contributed by atoms with Gasteiger partial charge in [0.15, 0.2) is 0 Å². The van der Waals surface area contributed by atoms with Crippen molar-refractivity contribution in [1.82, 2.24) is 5.06 Å². The molecule has 2 unspecified atom stereocenters. The highest BCUT2D eigenvalue weighted by Crippen LogP contribution is 2.54. The van der Waals surface area contributed by atoms with Crippen LogP contribution in [0.5, 0.6) is 0 Å². The van der Waals surface area contributed by atoms with Crippen molar-refractivity contribution in [3.05, 3.63) is 72.0 Å². The summed E-state index contributed by atoms with van der Waals surface area (Å²) in [4.78, 5) is 0. The van der Waals surface area contributed by atoms with E-state index in [0.29, 0.717) is 5.06 Å². The average molecular weight is 507 g/mol. The molecule has 2 nitrogen and oxygen atoms in total. The summed E-state index contributed by atoms with van der Waals surface area (Å²) in [5.74, 6) is -0.576. The quantitative estimate of drug-likeness (QED) is 0.316. The molecule has 2 aromatic rings. The molecule has 0 bridgehead atoms. The molecule has 0 radical (unpaired) electrons. The van der Waals surface area contributed by atoms with Crippen LogP contribution in [0.1, 0.15) is 23.6 Å². The van der Waals surface area contributed by atoms with Crippen LogP contribution in [0.4, 0.5) is 17.6 Å². The lowest BCUT2D eigenvalue weighted by Crippen LogP contribution is -2.44. The largest absolute Gasteiger partial charge is 0.785 e. The van der Waals surface area contributed by atoms with Gasteiger partial charge >= 0.3 is 6.18 Å². The number of benzene rings is 2. The van der Waals surface area contributed by atoms with E-state index in [-0.39, 0.29) is 30.7 Å². The summed E-state index contributed by atoms with van der Waals surface area (Å²) in [7, 11) is 0. The van der Waals surface area contributed by atoms with Gasteiger partial charge in [-0.2, -0.15) is 13.2 Å². The fraction of sp³-hybridized carbons (Fsp3) is 0.294. The molecule has 10 heteroatoms. The Labute approximate surface area is 175 Å². The van der Waals surface area contributed by atoms with Crippen LogP contribution in [0.25, 0.3) is 0 Å². The molecule has 1 aliphatic heterocycles. The zero-order valence-corrected chi connectivity index (χ0v) is 17.1. The Hall–Kier alpha value is -0.570. The summed E-state index contributed by atoms with van der Waals surface area (Å²) in [6.07, 6.45) is -5.31. The first kappa shape index (κ1) is 21.1. The third kappa shape index (κ3) is 3.70. The topological polar surface area (TPSA) is 26.3 Å². The van der Waals surface area contributed by atoms with Crippen LogP contribution in [-0.2, 0) is 5.41 Å². The predicted molar refractivity (Wildman–Crippen MR) is 101 cm³/mol. The molecule has 0 spiro atoms. The summed E-state index contributed by atoms with van der Waals surface area (Å²) in [6, 6.07) is 4.75. The van der Waals surface area contributed by atoms with Crippen molar-refractivity contribution in [3.8, 4) is 0 Å². The molecular weight excluding hydrogens is 496 g/mol. The normalized spacial score (nSPS) is 23.8. The number of alkyl halides is 3. The molecule has 146 valence electrons. The van der Waals surface area contributed by atoms with E-state index in [0.717, 1.165) is 18.2 Å². The Bertz CT molecular complexity index is 872. The second-order valence-electron chi connectivity index (χ2n) is 6.30. The van der Waals surface area contributed by atoms with Gasteiger partial charge < -0.3 is 10.3 Å². The Morgan fingerprint density at radius 2 is 1.70 bits per heavy atom. The van der Waals surface area contributed by atoms with E-state index in [1.54, 1.807) is 0 Å². The van der Waals surface area contributed by atoms with Crippen LogP contribution in [0, 0.1) is 11.0 Å². The van der Waals surface area contributed by atoms with E-state index < -0.39 is 36.4 Å². The smallest absolute Gasteiger partial charge is 0.399 e. The van der Waals surface area contributed by atoms with Crippen LogP contribution in [-0.4, -0.2) is 17.8 Å². The maximum Gasteiger partial charge on any atom is 0.399 e. The second kappa shape index (κ2) is 7.35. The van der Waals surface area contributed by atoms with Gasteiger partial charge in [-0.25, -0.2) is 4.39 Å².